The highest BCUT2D eigenvalue weighted by molar-refractivity contribution is 5.76. The van der Waals surface area contributed by atoms with E-state index >= 15 is 0 Å². The van der Waals surface area contributed by atoms with E-state index in [9.17, 15) is 4.79 Å². The average molecular weight is 294 g/mol. The largest absolute Gasteiger partial charge is 0.491 e. The number of ether oxygens (including phenoxy) is 2. The Kier molecular flexibility index (Phi) is 8.47. The second-order valence-corrected chi connectivity index (χ2v) is 5.08. The molecular formula is C16H26N2O3. The van der Waals surface area contributed by atoms with Gasteiger partial charge in [0, 0.05) is 33.2 Å². The molecule has 1 rings (SSSR count). The molecule has 0 saturated heterocycles. The summed E-state index contributed by atoms with van der Waals surface area (Å²) in [5.74, 6) is 0.915. The molecule has 2 N–H and O–H groups in total. The Bertz CT molecular complexity index is 422. The Morgan fingerprint density at radius 2 is 2.10 bits per heavy atom. The summed E-state index contributed by atoms with van der Waals surface area (Å²) in [5, 5.41) is 6.04. The number of hydrogen-bond acceptors (Lipinski definition) is 4. The first kappa shape index (κ1) is 17.5. The van der Waals surface area contributed by atoms with Gasteiger partial charge in [-0.25, -0.2) is 0 Å². The fourth-order valence-electron chi connectivity index (χ4n) is 1.82. The Morgan fingerprint density at radius 1 is 1.29 bits per heavy atom. The van der Waals surface area contributed by atoms with Gasteiger partial charge in [-0.3, -0.25) is 4.79 Å². The van der Waals surface area contributed by atoms with Crippen LogP contribution in [0.1, 0.15) is 25.8 Å². The van der Waals surface area contributed by atoms with Crippen LogP contribution in [0.4, 0.5) is 0 Å². The van der Waals surface area contributed by atoms with E-state index in [1.54, 1.807) is 7.11 Å². The van der Waals surface area contributed by atoms with Crippen molar-refractivity contribution in [3.05, 3.63) is 29.8 Å². The minimum absolute atomic E-state index is 0.0384. The molecule has 118 valence electrons. The summed E-state index contributed by atoms with van der Waals surface area (Å²) in [6.45, 7) is 6.49. The van der Waals surface area contributed by atoms with E-state index in [2.05, 4.69) is 10.6 Å². The summed E-state index contributed by atoms with van der Waals surface area (Å²) in [5.41, 5.74) is 1.15. The highest BCUT2D eigenvalue weighted by atomic mass is 16.5. The second-order valence-electron chi connectivity index (χ2n) is 5.08. The van der Waals surface area contributed by atoms with Crippen LogP contribution >= 0.6 is 0 Å². The standard InChI is InChI=1S/C16H26N2O3/c1-13(2)21-15-6-4-5-14(11-15)12-17-8-7-16(19)18-9-10-20-3/h4-6,11,13,17H,7-10,12H2,1-3H3,(H,18,19). The molecule has 0 aromatic heterocycles. The Hall–Kier alpha value is -1.59. The molecule has 0 saturated carbocycles. The lowest BCUT2D eigenvalue weighted by molar-refractivity contribution is -0.121. The number of amides is 1. The van der Waals surface area contributed by atoms with Gasteiger partial charge >= 0.3 is 0 Å². The first-order valence-electron chi connectivity index (χ1n) is 7.33. The summed E-state index contributed by atoms with van der Waals surface area (Å²) in [6, 6.07) is 7.99. The quantitative estimate of drug-likeness (QED) is 0.645. The number of carbonyl (C=O) groups is 1. The predicted molar refractivity (Wildman–Crippen MR) is 83.4 cm³/mol. The van der Waals surface area contributed by atoms with Crippen LogP contribution in [0.3, 0.4) is 0 Å². The van der Waals surface area contributed by atoms with E-state index in [1.807, 2.05) is 38.1 Å². The van der Waals surface area contributed by atoms with E-state index in [0.717, 1.165) is 17.9 Å². The zero-order valence-corrected chi connectivity index (χ0v) is 13.1. The van der Waals surface area contributed by atoms with Crippen molar-refractivity contribution in [3.8, 4) is 5.75 Å². The molecule has 5 heteroatoms. The van der Waals surface area contributed by atoms with Crippen LogP contribution < -0.4 is 15.4 Å². The van der Waals surface area contributed by atoms with Gasteiger partial charge in [-0.1, -0.05) is 12.1 Å². The minimum atomic E-state index is 0.0384. The van der Waals surface area contributed by atoms with Crippen molar-refractivity contribution in [2.75, 3.05) is 26.8 Å². The topological polar surface area (TPSA) is 59.6 Å². The van der Waals surface area contributed by atoms with Gasteiger partial charge in [-0.05, 0) is 31.5 Å². The fraction of sp³-hybridized carbons (Fsp3) is 0.562. The van der Waals surface area contributed by atoms with Crippen LogP contribution in [-0.4, -0.2) is 38.8 Å². The number of methoxy groups -OCH3 is 1. The fourth-order valence-corrected chi connectivity index (χ4v) is 1.82. The molecule has 0 radical (unpaired) electrons. The third-order valence-corrected chi connectivity index (χ3v) is 2.76. The summed E-state index contributed by atoms with van der Waals surface area (Å²) < 4.78 is 10.5. The van der Waals surface area contributed by atoms with Crippen LogP contribution in [0.15, 0.2) is 24.3 Å². The summed E-state index contributed by atoms with van der Waals surface area (Å²) in [6.07, 6.45) is 0.635. The van der Waals surface area contributed by atoms with Gasteiger partial charge in [0.2, 0.25) is 5.91 Å². The number of benzene rings is 1. The van der Waals surface area contributed by atoms with Crippen molar-refractivity contribution in [2.24, 2.45) is 0 Å². The van der Waals surface area contributed by atoms with E-state index in [0.29, 0.717) is 26.1 Å². The molecular weight excluding hydrogens is 268 g/mol. The predicted octanol–water partition coefficient (Wildman–Crippen LogP) is 1.72. The van der Waals surface area contributed by atoms with Crippen molar-refractivity contribution in [3.63, 3.8) is 0 Å². The van der Waals surface area contributed by atoms with Crippen molar-refractivity contribution in [2.45, 2.75) is 32.9 Å². The van der Waals surface area contributed by atoms with Gasteiger partial charge in [0.15, 0.2) is 0 Å². The molecule has 1 aromatic carbocycles. The molecule has 21 heavy (non-hydrogen) atoms. The second kappa shape index (κ2) is 10.2. The van der Waals surface area contributed by atoms with E-state index < -0.39 is 0 Å². The number of carbonyl (C=O) groups excluding carboxylic acids is 1. The Morgan fingerprint density at radius 3 is 2.81 bits per heavy atom. The lowest BCUT2D eigenvalue weighted by Gasteiger charge is -2.11. The molecule has 0 atom stereocenters. The van der Waals surface area contributed by atoms with Crippen molar-refractivity contribution in [1.82, 2.24) is 10.6 Å². The highest BCUT2D eigenvalue weighted by Gasteiger charge is 2.01. The first-order valence-corrected chi connectivity index (χ1v) is 7.33. The monoisotopic (exact) mass is 294 g/mol. The van der Waals surface area contributed by atoms with Crippen LogP contribution in [0, 0.1) is 0 Å². The van der Waals surface area contributed by atoms with Gasteiger partial charge in [-0.2, -0.15) is 0 Å². The molecule has 0 spiro atoms. The molecule has 0 fully saturated rings. The molecule has 0 aliphatic carbocycles. The molecule has 0 heterocycles. The molecule has 0 bridgehead atoms. The zero-order valence-electron chi connectivity index (χ0n) is 13.1. The molecule has 1 amide bonds. The first-order chi connectivity index (χ1) is 10.1. The summed E-state index contributed by atoms with van der Waals surface area (Å²) in [4.78, 5) is 11.5. The van der Waals surface area contributed by atoms with E-state index in [-0.39, 0.29) is 12.0 Å². The Labute approximate surface area is 127 Å². The zero-order chi connectivity index (χ0) is 15.5. The summed E-state index contributed by atoms with van der Waals surface area (Å²) >= 11 is 0. The summed E-state index contributed by atoms with van der Waals surface area (Å²) in [7, 11) is 1.62. The van der Waals surface area contributed by atoms with Gasteiger partial charge < -0.3 is 20.1 Å². The molecule has 1 aromatic rings. The lowest BCUT2D eigenvalue weighted by Crippen LogP contribution is -2.29. The third kappa shape index (κ3) is 8.32. The van der Waals surface area contributed by atoms with Gasteiger partial charge in [0.05, 0.1) is 12.7 Å². The average Bonchev–Trinajstić information content (AvgIpc) is 2.44. The number of hydrogen-bond donors (Lipinski definition) is 2. The maximum Gasteiger partial charge on any atom is 0.221 e. The SMILES string of the molecule is COCCNC(=O)CCNCc1cccc(OC(C)C)c1. The van der Waals surface area contributed by atoms with Crippen molar-refractivity contribution >= 4 is 5.91 Å². The lowest BCUT2D eigenvalue weighted by atomic mass is 10.2. The highest BCUT2D eigenvalue weighted by Crippen LogP contribution is 2.14. The van der Waals surface area contributed by atoms with E-state index in [4.69, 9.17) is 9.47 Å². The van der Waals surface area contributed by atoms with Gasteiger partial charge in [0.25, 0.3) is 0 Å². The molecule has 0 unspecified atom stereocenters. The van der Waals surface area contributed by atoms with Crippen molar-refractivity contribution in [1.29, 1.82) is 0 Å². The Balaban J connectivity index is 2.21. The van der Waals surface area contributed by atoms with E-state index in [1.165, 1.54) is 0 Å². The van der Waals surface area contributed by atoms with Crippen LogP contribution in [-0.2, 0) is 16.1 Å². The minimum Gasteiger partial charge on any atom is -0.491 e. The smallest absolute Gasteiger partial charge is 0.221 e. The van der Waals surface area contributed by atoms with Crippen LogP contribution in [0.2, 0.25) is 0 Å². The third-order valence-electron chi connectivity index (χ3n) is 2.76. The van der Waals surface area contributed by atoms with Crippen LogP contribution in [0.5, 0.6) is 5.75 Å². The van der Waals surface area contributed by atoms with Gasteiger partial charge in [0.1, 0.15) is 5.75 Å². The normalized spacial score (nSPS) is 10.7. The number of nitrogens with one attached hydrogen (secondary N) is 2. The molecule has 5 nitrogen and oxygen atoms in total. The molecule has 0 aliphatic rings. The van der Waals surface area contributed by atoms with Gasteiger partial charge in [-0.15, -0.1) is 0 Å². The van der Waals surface area contributed by atoms with Crippen molar-refractivity contribution < 1.29 is 14.3 Å². The maximum atomic E-state index is 11.5. The molecule has 0 aliphatic heterocycles. The maximum absolute atomic E-state index is 11.5. The number of rotatable bonds is 10. The van der Waals surface area contributed by atoms with Crippen LogP contribution in [0.25, 0.3) is 0 Å².